The van der Waals surface area contributed by atoms with Crippen LogP contribution in [-0.4, -0.2) is 21.8 Å². The van der Waals surface area contributed by atoms with E-state index < -0.39 is 8.56 Å². The third-order valence-electron chi connectivity index (χ3n) is 2.53. The molecule has 0 aromatic carbocycles. The van der Waals surface area contributed by atoms with Crippen LogP contribution >= 0.6 is 0 Å². The molecule has 16 heavy (non-hydrogen) atoms. The number of hydrogen-bond acceptors (Lipinski definition) is 2. The highest BCUT2D eigenvalue weighted by molar-refractivity contribution is 6.67. The summed E-state index contributed by atoms with van der Waals surface area (Å²) in [5, 5.41) is 0. The molecule has 0 fully saturated rings. The van der Waals surface area contributed by atoms with Crippen LogP contribution in [0.2, 0.25) is 12.1 Å². The Kier molecular flexibility index (Phi) is 8.33. The van der Waals surface area contributed by atoms with Crippen molar-refractivity contribution in [2.45, 2.75) is 60.1 Å². The molecule has 2 nitrogen and oxygen atoms in total. The van der Waals surface area contributed by atoms with E-state index in [0.29, 0.717) is 11.8 Å². The second-order valence-corrected chi connectivity index (χ2v) is 9.03. The maximum absolute atomic E-state index is 6.15. The molecule has 0 atom stereocenters. The summed E-state index contributed by atoms with van der Waals surface area (Å²) in [7, 11) is -1.90. The normalized spacial score (nSPS) is 12.8. The van der Waals surface area contributed by atoms with Gasteiger partial charge in [-0.3, -0.25) is 0 Å². The number of hydrogen-bond donors (Lipinski definition) is 0. The Hall–Kier alpha value is 0.137. The van der Waals surface area contributed by atoms with Gasteiger partial charge in [0.25, 0.3) is 0 Å². The van der Waals surface area contributed by atoms with E-state index in [2.05, 4.69) is 41.5 Å². The highest BCUT2D eigenvalue weighted by atomic mass is 28.4. The van der Waals surface area contributed by atoms with Gasteiger partial charge in [-0.1, -0.05) is 48.0 Å². The summed E-state index contributed by atoms with van der Waals surface area (Å²) in [6.07, 6.45) is 1.16. The molecule has 98 valence electrons. The Labute approximate surface area is 103 Å². The fraction of sp³-hybridized carbons (Fsp3) is 1.00. The van der Waals surface area contributed by atoms with E-state index in [1.54, 1.807) is 0 Å². The molecule has 0 aliphatic carbocycles. The topological polar surface area (TPSA) is 18.5 Å². The molecule has 0 unspecified atom stereocenters. The van der Waals surface area contributed by atoms with Crippen LogP contribution in [0.15, 0.2) is 0 Å². The summed E-state index contributed by atoms with van der Waals surface area (Å²) in [6.45, 7) is 14.9. The Bertz CT molecular complexity index is 157. The Morgan fingerprint density at radius 3 is 1.56 bits per heavy atom. The molecule has 0 amide bonds. The molecular formula is C13H30O2Si. The monoisotopic (exact) mass is 246 g/mol. The average Bonchev–Trinajstić information content (AvgIpc) is 2.22. The van der Waals surface area contributed by atoms with Gasteiger partial charge in [0.05, 0.1) is 0 Å². The lowest BCUT2D eigenvalue weighted by atomic mass is 10.2. The van der Waals surface area contributed by atoms with Gasteiger partial charge in [0.1, 0.15) is 0 Å². The zero-order chi connectivity index (χ0) is 12.6. The smallest absolute Gasteiger partial charge is 0.337 e. The maximum atomic E-state index is 6.15. The summed E-state index contributed by atoms with van der Waals surface area (Å²) in [5.41, 5.74) is 0. The first-order valence-corrected chi connectivity index (χ1v) is 8.96. The van der Waals surface area contributed by atoms with Gasteiger partial charge in [0, 0.05) is 13.2 Å². The van der Waals surface area contributed by atoms with Crippen LogP contribution in [-0.2, 0) is 8.85 Å². The standard InChI is InChI=1S/C13H30O2Si/c1-7-9-16(8-2,14-10-12(3)4)15-11-13(5)6/h12-13H,7-11H2,1-6H3. The molecule has 0 radical (unpaired) electrons. The van der Waals surface area contributed by atoms with Gasteiger partial charge < -0.3 is 8.85 Å². The van der Waals surface area contributed by atoms with E-state index in [9.17, 15) is 0 Å². The van der Waals surface area contributed by atoms with Crippen LogP contribution in [0.3, 0.4) is 0 Å². The zero-order valence-electron chi connectivity index (χ0n) is 12.0. The second kappa shape index (κ2) is 8.26. The molecule has 0 saturated carbocycles. The first-order chi connectivity index (χ1) is 7.45. The van der Waals surface area contributed by atoms with Gasteiger partial charge in [0.15, 0.2) is 0 Å². The van der Waals surface area contributed by atoms with E-state index in [1.807, 2.05) is 0 Å². The highest BCUT2D eigenvalue weighted by Gasteiger charge is 2.35. The minimum atomic E-state index is -1.90. The van der Waals surface area contributed by atoms with Gasteiger partial charge in [-0.2, -0.15) is 0 Å². The summed E-state index contributed by atoms with van der Waals surface area (Å²) >= 11 is 0. The summed E-state index contributed by atoms with van der Waals surface area (Å²) in [6, 6.07) is 2.20. The van der Waals surface area contributed by atoms with E-state index in [0.717, 1.165) is 31.7 Å². The lowest BCUT2D eigenvalue weighted by Gasteiger charge is -2.31. The molecule has 0 bridgehead atoms. The first kappa shape index (κ1) is 16.1. The third kappa shape index (κ3) is 6.66. The van der Waals surface area contributed by atoms with E-state index in [4.69, 9.17) is 8.85 Å². The van der Waals surface area contributed by atoms with Crippen LogP contribution in [0.25, 0.3) is 0 Å². The Balaban J connectivity index is 4.31. The van der Waals surface area contributed by atoms with Crippen molar-refractivity contribution in [3.8, 4) is 0 Å². The molecule has 0 rings (SSSR count). The van der Waals surface area contributed by atoms with Crippen molar-refractivity contribution in [2.24, 2.45) is 11.8 Å². The van der Waals surface area contributed by atoms with E-state index in [1.165, 1.54) is 0 Å². The van der Waals surface area contributed by atoms with Gasteiger partial charge in [-0.25, -0.2) is 0 Å². The Morgan fingerprint density at radius 2 is 1.31 bits per heavy atom. The van der Waals surface area contributed by atoms with Crippen molar-refractivity contribution in [3.05, 3.63) is 0 Å². The molecule has 3 heteroatoms. The summed E-state index contributed by atoms with van der Waals surface area (Å²) in [5.74, 6) is 1.19. The van der Waals surface area contributed by atoms with Crippen molar-refractivity contribution in [3.63, 3.8) is 0 Å². The molecule has 0 spiro atoms. The van der Waals surface area contributed by atoms with Gasteiger partial charge in [0.2, 0.25) is 0 Å². The molecule has 0 N–H and O–H groups in total. The van der Waals surface area contributed by atoms with E-state index in [-0.39, 0.29) is 0 Å². The largest absolute Gasteiger partial charge is 0.394 e. The first-order valence-electron chi connectivity index (χ1n) is 6.73. The second-order valence-electron chi connectivity index (χ2n) is 5.42. The van der Waals surface area contributed by atoms with Crippen molar-refractivity contribution < 1.29 is 8.85 Å². The minimum absolute atomic E-state index is 0.595. The molecule has 0 saturated heterocycles. The molecule has 0 aromatic heterocycles. The number of rotatable bonds is 9. The van der Waals surface area contributed by atoms with Crippen LogP contribution in [0.5, 0.6) is 0 Å². The molecule has 0 aliphatic heterocycles. The molecule has 0 aliphatic rings. The van der Waals surface area contributed by atoms with Crippen LogP contribution in [0.1, 0.15) is 48.0 Å². The van der Waals surface area contributed by atoms with Gasteiger partial charge in [-0.15, -0.1) is 0 Å². The Morgan fingerprint density at radius 1 is 0.875 bits per heavy atom. The summed E-state index contributed by atoms with van der Waals surface area (Å²) in [4.78, 5) is 0. The van der Waals surface area contributed by atoms with Crippen LogP contribution < -0.4 is 0 Å². The minimum Gasteiger partial charge on any atom is -0.394 e. The molecule has 0 aromatic rings. The van der Waals surface area contributed by atoms with Gasteiger partial charge >= 0.3 is 8.56 Å². The predicted molar refractivity (Wildman–Crippen MR) is 72.9 cm³/mol. The van der Waals surface area contributed by atoms with E-state index >= 15 is 0 Å². The molecule has 0 heterocycles. The van der Waals surface area contributed by atoms with Crippen molar-refractivity contribution in [1.29, 1.82) is 0 Å². The molecular weight excluding hydrogens is 216 g/mol. The lowest BCUT2D eigenvalue weighted by molar-refractivity contribution is 0.138. The highest BCUT2D eigenvalue weighted by Crippen LogP contribution is 2.22. The fourth-order valence-electron chi connectivity index (χ4n) is 1.58. The predicted octanol–water partition coefficient (Wildman–Crippen LogP) is 4.20. The quantitative estimate of drug-likeness (QED) is 0.568. The van der Waals surface area contributed by atoms with Crippen LogP contribution in [0.4, 0.5) is 0 Å². The SMILES string of the molecule is CCC[Si](CC)(OCC(C)C)OCC(C)C. The van der Waals surface area contributed by atoms with Crippen LogP contribution in [0, 0.1) is 11.8 Å². The summed E-state index contributed by atoms with van der Waals surface area (Å²) < 4.78 is 12.3. The van der Waals surface area contributed by atoms with Crippen molar-refractivity contribution in [2.75, 3.05) is 13.2 Å². The maximum Gasteiger partial charge on any atom is 0.337 e. The van der Waals surface area contributed by atoms with Gasteiger partial charge in [-0.05, 0) is 23.9 Å². The fourth-order valence-corrected chi connectivity index (χ4v) is 4.75. The third-order valence-corrected chi connectivity index (χ3v) is 6.25. The lowest BCUT2D eigenvalue weighted by Crippen LogP contribution is -2.43. The van der Waals surface area contributed by atoms with Crippen molar-refractivity contribution in [1.82, 2.24) is 0 Å². The average molecular weight is 246 g/mol. The van der Waals surface area contributed by atoms with Crippen molar-refractivity contribution >= 4 is 8.56 Å². The zero-order valence-corrected chi connectivity index (χ0v) is 13.0.